The number of non-ortho nitro benzene ring substituents is 1. The van der Waals surface area contributed by atoms with Crippen molar-refractivity contribution < 1.29 is 14.8 Å². The van der Waals surface area contributed by atoms with Crippen molar-refractivity contribution in [3.8, 4) is 0 Å². The van der Waals surface area contributed by atoms with Crippen LogP contribution in [0.1, 0.15) is 31.2 Å². The topological polar surface area (TPSA) is 80.4 Å². The maximum atomic E-state index is 10.6. The Morgan fingerprint density at radius 3 is 2.75 bits per heavy atom. The first kappa shape index (κ1) is 12.2. The van der Waals surface area contributed by atoms with Gasteiger partial charge in [-0.2, -0.15) is 0 Å². The molecular formula is C11H13NO4. The number of hydrogen-bond donors (Lipinski definition) is 1. The summed E-state index contributed by atoms with van der Waals surface area (Å²) in [6, 6.07) is 6.15. The number of aliphatic carboxylic acids is 1. The Labute approximate surface area is 92.9 Å². The van der Waals surface area contributed by atoms with Crippen molar-refractivity contribution >= 4 is 11.7 Å². The molecular weight excluding hydrogens is 210 g/mol. The molecule has 0 aliphatic heterocycles. The van der Waals surface area contributed by atoms with E-state index < -0.39 is 10.9 Å². The van der Waals surface area contributed by atoms with E-state index in [4.69, 9.17) is 5.11 Å². The van der Waals surface area contributed by atoms with Gasteiger partial charge in [0.2, 0.25) is 0 Å². The van der Waals surface area contributed by atoms with Crippen molar-refractivity contribution in [2.75, 3.05) is 0 Å². The number of carboxylic acid groups (broad SMARTS) is 1. The van der Waals surface area contributed by atoms with E-state index in [0.29, 0.717) is 12.0 Å². The number of carbonyl (C=O) groups is 1. The monoisotopic (exact) mass is 223 g/mol. The van der Waals surface area contributed by atoms with E-state index in [9.17, 15) is 14.9 Å². The Balaban J connectivity index is 2.96. The molecule has 5 heteroatoms. The summed E-state index contributed by atoms with van der Waals surface area (Å²) in [5.41, 5.74) is 0.709. The molecule has 0 saturated carbocycles. The SMILES string of the molecule is CC[C@@H](CC(=O)O)c1cccc([N+](=O)[O-])c1. The molecule has 0 amide bonds. The van der Waals surface area contributed by atoms with E-state index in [-0.39, 0.29) is 18.0 Å². The van der Waals surface area contributed by atoms with Crippen molar-refractivity contribution in [1.29, 1.82) is 0 Å². The van der Waals surface area contributed by atoms with Crippen molar-refractivity contribution in [3.05, 3.63) is 39.9 Å². The molecule has 0 spiro atoms. The second kappa shape index (κ2) is 5.25. The first-order chi connectivity index (χ1) is 7.54. The van der Waals surface area contributed by atoms with E-state index in [1.165, 1.54) is 12.1 Å². The van der Waals surface area contributed by atoms with Crippen LogP contribution in [-0.4, -0.2) is 16.0 Å². The molecule has 0 radical (unpaired) electrons. The van der Waals surface area contributed by atoms with Crippen molar-refractivity contribution in [2.45, 2.75) is 25.7 Å². The second-order valence-corrected chi connectivity index (χ2v) is 3.56. The predicted molar refractivity (Wildman–Crippen MR) is 58.4 cm³/mol. The van der Waals surface area contributed by atoms with E-state index in [1.54, 1.807) is 12.1 Å². The largest absolute Gasteiger partial charge is 0.481 e. The van der Waals surface area contributed by atoms with Gasteiger partial charge in [-0.05, 0) is 17.9 Å². The normalized spacial score (nSPS) is 12.1. The molecule has 1 aromatic carbocycles. The first-order valence-corrected chi connectivity index (χ1v) is 5.00. The van der Waals surface area contributed by atoms with Gasteiger partial charge in [-0.25, -0.2) is 0 Å². The minimum Gasteiger partial charge on any atom is -0.481 e. The number of nitrogens with zero attached hydrogens (tertiary/aromatic N) is 1. The summed E-state index contributed by atoms with van der Waals surface area (Å²) in [5, 5.41) is 19.3. The molecule has 0 unspecified atom stereocenters. The second-order valence-electron chi connectivity index (χ2n) is 3.56. The molecule has 1 rings (SSSR count). The zero-order chi connectivity index (χ0) is 12.1. The number of carboxylic acids is 1. The Bertz CT molecular complexity index is 403. The summed E-state index contributed by atoms with van der Waals surface area (Å²) < 4.78 is 0. The van der Waals surface area contributed by atoms with Gasteiger partial charge in [-0.1, -0.05) is 19.1 Å². The van der Waals surface area contributed by atoms with Gasteiger partial charge >= 0.3 is 5.97 Å². The summed E-state index contributed by atoms with van der Waals surface area (Å²) >= 11 is 0. The molecule has 0 saturated heterocycles. The Kier molecular flexibility index (Phi) is 3.99. The standard InChI is InChI=1S/C11H13NO4/c1-2-8(7-11(13)14)9-4-3-5-10(6-9)12(15)16/h3-6,8H,2,7H2,1H3,(H,13,14)/t8-/m0/s1. The lowest BCUT2D eigenvalue weighted by atomic mass is 9.93. The van der Waals surface area contributed by atoms with Gasteiger partial charge in [0.15, 0.2) is 0 Å². The number of rotatable bonds is 5. The third kappa shape index (κ3) is 3.05. The molecule has 1 N–H and O–H groups in total. The van der Waals surface area contributed by atoms with Gasteiger partial charge < -0.3 is 5.11 Å². The third-order valence-corrected chi connectivity index (χ3v) is 2.47. The van der Waals surface area contributed by atoms with Gasteiger partial charge in [0, 0.05) is 12.1 Å². The zero-order valence-electron chi connectivity index (χ0n) is 8.92. The van der Waals surface area contributed by atoms with Crippen molar-refractivity contribution in [2.24, 2.45) is 0 Å². The molecule has 86 valence electrons. The van der Waals surface area contributed by atoms with Crippen LogP contribution in [0.15, 0.2) is 24.3 Å². The van der Waals surface area contributed by atoms with E-state index >= 15 is 0 Å². The maximum absolute atomic E-state index is 10.6. The van der Waals surface area contributed by atoms with Gasteiger partial charge in [0.05, 0.1) is 11.3 Å². The highest BCUT2D eigenvalue weighted by Gasteiger charge is 2.16. The Morgan fingerprint density at radius 1 is 1.56 bits per heavy atom. The van der Waals surface area contributed by atoms with Crippen LogP contribution in [-0.2, 0) is 4.79 Å². The summed E-state index contributed by atoms with van der Waals surface area (Å²) in [5.74, 6) is -1.06. The van der Waals surface area contributed by atoms with Crippen LogP contribution in [0.25, 0.3) is 0 Å². The van der Waals surface area contributed by atoms with Gasteiger partial charge in [-0.15, -0.1) is 0 Å². The Morgan fingerprint density at radius 2 is 2.25 bits per heavy atom. The van der Waals surface area contributed by atoms with Crippen LogP contribution in [0.5, 0.6) is 0 Å². The van der Waals surface area contributed by atoms with Crippen LogP contribution in [0.3, 0.4) is 0 Å². The molecule has 1 aromatic rings. The molecule has 0 heterocycles. The highest BCUT2D eigenvalue weighted by Crippen LogP contribution is 2.26. The fourth-order valence-electron chi connectivity index (χ4n) is 1.60. The van der Waals surface area contributed by atoms with E-state index in [2.05, 4.69) is 0 Å². The lowest BCUT2D eigenvalue weighted by Gasteiger charge is -2.12. The minimum absolute atomic E-state index is 0.00124. The quantitative estimate of drug-likeness (QED) is 0.614. The van der Waals surface area contributed by atoms with Gasteiger partial charge in [-0.3, -0.25) is 14.9 Å². The molecule has 1 atom stereocenters. The van der Waals surface area contributed by atoms with Crippen LogP contribution >= 0.6 is 0 Å². The summed E-state index contributed by atoms with van der Waals surface area (Å²) in [7, 11) is 0. The first-order valence-electron chi connectivity index (χ1n) is 5.00. The Hall–Kier alpha value is -1.91. The fourth-order valence-corrected chi connectivity index (χ4v) is 1.60. The minimum atomic E-state index is -0.890. The van der Waals surface area contributed by atoms with Crippen LogP contribution in [0.2, 0.25) is 0 Å². The maximum Gasteiger partial charge on any atom is 0.303 e. The zero-order valence-corrected chi connectivity index (χ0v) is 8.92. The van der Waals surface area contributed by atoms with E-state index in [1.807, 2.05) is 6.92 Å². The molecule has 16 heavy (non-hydrogen) atoms. The molecule has 5 nitrogen and oxygen atoms in total. The number of hydrogen-bond acceptors (Lipinski definition) is 3. The van der Waals surface area contributed by atoms with Crippen LogP contribution in [0, 0.1) is 10.1 Å². The summed E-state index contributed by atoms with van der Waals surface area (Å²) in [6.07, 6.45) is 0.644. The van der Waals surface area contributed by atoms with Crippen molar-refractivity contribution in [1.82, 2.24) is 0 Å². The van der Waals surface area contributed by atoms with Gasteiger partial charge in [0.25, 0.3) is 5.69 Å². The molecule has 0 fully saturated rings. The lowest BCUT2D eigenvalue weighted by molar-refractivity contribution is -0.384. The average Bonchev–Trinajstić information content (AvgIpc) is 2.25. The number of nitro benzene ring substituents is 1. The third-order valence-electron chi connectivity index (χ3n) is 2.47. The predicted octanol–water partition coefficient (Wildman–Crippen LogP) is 2.56. The van der Waals surface area contributed by atoms with Crippen LogP contribution < -0.4 is 0 Å². The highest BCUT2D eigenvalue weighted by molar-refractivity contribution is 5.68. The average molecular weight is 223 g/mol. The smallest absolute Gasteiger partial charge is 0.303 e. The summed E-state index contributed by atoms with van der Waals surface area (Å²) in [4.78, 5) is 20.7. The van der Waals surface area contributed by atoms with Crippen molar-refractivity contribution in [3.63, 3.8) is 0 Å². The molecule has 0 aliphatic carbocycles. The van der Waals surface area contributed by atoms with Crippen LogP contribution in [0.4, 0.5) is 5.69 Å². The molecule has 0 bridgehead atoms. The number of benzene rings is 1. The lowest BCUT2D eigenvalue weighted by Crippen LogP contribution is -2.05. The highest BCUT2D eigenvalue weighted by atomic mass is 16.6. The summed E-state index contributed by atoms with van der Waals surface area (Å²) in [6.45, 7) is 1.87. The van der Waals surface area contributed by atoms with E-state index in [0.717, 1.165) is 0 Å². The molecule has 0 aromatic heterocycles. The molecule has 0 aliphatic rings. The number of nitro groups is 1. The fraction of sp³-hybridized carbons (Fsp3) is 0.364. The van der Waals surface area contributed by atoms with Gasteiger partial charge in [0.1, 0.15) is 0 Å².